The first-order valence-corrected chi connectivity index (χ1v) is 10.3. The molecule has 0 saturated carbocycles. The molecule has 1 aliphatic rings. The Morgan fingerprint density at radius 2 is 1.79 bits per heavy atom. The SMILES string of the molecule is CC(C)n1cccc1[C@H]1[C@H](c2ccccn2)NC(=S)N1c1ccc(N(C)C)cc1. The molecule has 6 heteroatoms. The number of aromatic nitrogens is 2. The number of pyridine rings is 1. The number of thiocarbonyl (C=S) groups is 1. The Hall–Kier alpha value is -2.86. The molecule has 5 nitrogen and oxygen atoms in total. The summed E-state index contributed by atoms with van der Waals surface area (Å²) in [5.74, 6) is 0. The van der Waals surface area contributed by atoms with Crippen molar-refractivity contribution in [1.82, 2.24) is 14.9 Å². The minimum atomic E-state index is -0.0235. The summed E-state index contributed by atoms with van der Waals surface area (Å²) < 4.78 is 2.32. The highest BCUT2D eigenvalue weighted by molar-refractivity contribution is 7.80. The molecular formula is C23H27N5S. The Bertz CT molecular complexity index is 978. The van der Waals surface area contributed by atoms with Crippen molar-refractivity contribution in [3.05, 3.63) is 78.4 Å². The molecule has 0 amide bonds. The summed E-state index contributed by atoms with van der Waals surface area (Å²) >= 11 is 5.81. The lowest BCUT2D eigenvalue weighted by Gasteiger charge is -2.30. The highest BCUT2D eigenvalue weighted by Gasteiger charge is 2.42. The fourth-order valence-electron chi connectivity index (χ4n) is 3.97. The van der Waals surface area contributed by atoms with Gasteiger partial charge in [-0.05, 0) is 74.6 Å². The van der Waals surface area contributed by atoms with Crippen LogP contribution in [0, 0.1) is 0 Å². The third-order valence-corrected chi connectivity index (χ3v) is 5.73. The number of benzene rings is 1. The van der Waals surface area contributed by atoms with E-state index in [9.17, 15) is 0 Å². The summed E-state index contributed by atoms with van der Waals surface area (Å²) in [6, 6.07) is 19.2. The van der Waals surface area contributed by atoms with Crippen LogP contribution in [0.3, 0.4) is 0 Å². The van der Waals surface area contributed by atoms with Gasteiger partial charge < -0.3 is 19.7 Å². The van der Waals surface area contributed by atoms with E-state index in [0.717, 1.165) is 22.2 Å². The van der Waals surface area contributed by atoms with E-state index in [0.29, 0.717) is 6.04 Å². The Morgan fingerprint density at radius 3 is 2.41 bits per heavy atom. The zero-order valence-corrected chi connectivity index (χ0v) is 18.1. The van der Waals surface area contributed by atoms with Gasteiger partial charge in [0.15, 0.2) is 5.11 Å². The van der Waals surface area contributed by atoms with Gasteiger partial charge >= 0.3 is 0 Å². The van der Waals surface area contributed by atoms with E-state index in [4.69, 9.17) is 12.2 Å². The van der Waals surface area contributed by atoms with Crippen LogP contribution in [0.1, 0.15) is 43.4 Å². The molecule has 1 fully saturated rings. The fourth-order valence-corrected chi connectivity index (χ4v) is 4.32. The van der Waals surface area contributed by atoms with E-state index in [1.54, 1.807) is 0 Å². The second kappa shape index (κ2) is 7.87. The van der Waals surface area contributed by atoms with Crippen molar-refractivity contribution >= 4 is 28.7 Å². The lowest BCUT2D eigenvalue weighted by atomic mass is 10.0. The van der Waals surface area contributed by atoms with Crippen LogP contribution in [0.5, 0.6) is 0 Å². The largest absolute Gasteiger partial charge is 0.378 e. The second-order valence-corrected chi connectivity index (χ2v) is 8.23. The molecule has 0 spiro atoms. The van der Waals surface area contributed by atoms with Crippen LogP contribution in [-0.4, -0.2) is 28.8 Å². The van der Waals surface area contributed by atoms with Crippen LogP contribution in [0.2, 0.25) is 0 Å². The van der Waals surface area contributed by atoms with Crippen LogP contribution in [0.25, 0.3) is 0 Å². The molecule has 0 radical (unpaired) electrons. The molecule has 1 saturated heterocycles. The van der Waals surface area contributed by atoms with Crippen molar-refractivity contribution in [2.45, 2.75) is 32.0 Å². The molecule has 3 heterocycles. The first-order valence-electron chi connectivity index (χ1n) is 9.92. The summed E-state index contributed by atoms with van der Waals surface area (Å²) in [6.45, 7) is 4.41. The molecule has 29 heavy (non-hydrogen) atoms. The zero-order chi connectivity index (χ0) is 20.5. The van der Waals surface area contributed by atoms with E-state index >= 15 is 0 Å². The number of hydrogen-bond donors (Lipinski definition) is 1. The molecule has 3 aromatic rings. The summed E-state index contributed by atoms with van der Waals surface area (Å²) in [4.78, 5) is 8.95. The van der Waals surface area contributed by atoms with Gasteiger partial charge in [-0.15, -0.1) is 0 Å². The number of hydrogen-bond acceptors (Lipinski definition) is 3. The van der Waals surface area contributed by atoms with Gasteiger partial charge in [-0.3, -0.25) is 4.98 Å². The third-order valence-electron chi connectivity index (χ3n) is 5.41. The predicted octanol–water partition coefficient (Wildman–Crippen LogP) is 4.71. The van der Waals surface area contributed by atoms with Gasteiger partial charge in [0.05, 0.1) is 11.7 Å². The van der Waals surface area contributed by atoms with Crippen LogP contribution in [-0.2, 0) is 0 Å². The zero-order valence-electron chi connectivity index (χ0n) is 17.3. The second-order valence-electron chi connectivity index (χ2n) is 7.84. The Morgan fingerprint density at radius 1 is 1.03 bits per heavy atom. The molecule has 150 valence electrons. The molecule has 0 aliphatic carbocycles. The minimum absolute atomic E-state index is 0.0139. The van der Waals surface area contributed by atoms with Crippen LogP contribution in [0.15, 0.2) is 67.0 Å². The Kier molecular flexibility index (Phi) is 5.28. The highest BCUT2D eigenvalue weighted by Crippen LogP contribution is 2.42. The van der Waals surface area contributed by atoms with Crippen molar-refractivity contribution < 1.29 is 0 Å². The Balaban J connectivity index is 1.82. The minimum Gasteiger partial charge on any atom is -0.378 e. The average molecular weight is 406 g/mol. The van der Waals surface area contributed by atoms with E-state index in [1.807, 2.05) is 32.4 Å². The molecule has 4 rings (SSSR count). The first kappa shape index (κ1) is 19.5. The predicted molar refractivity (Wildman–Crippen MR) is 124 cm³/mol. The summed E-state index contributed by atoms with van der Waals surface area (Å²) in [6.07, 6.45) is 3.98. The van der Waals surface area contributed by atoms with Crippen molar-refractivity contribution in [3.63, 3.8) is 0 Å². The van der Waals surface area contributed by atoms with Gasteiger partial charge in [0.2, 0.25) is 0 Å². The molecule has 0 bridgehead atoms. The maximum atomic E-state index is 5.81. The van der Waals surface area contributed by atoms with Gasteiger partial charge in [-0.2, -0.15) is 0 Å². The fraction of sp³-hybridized carbons (Fsp3) is 0.304. The van der Waals surface area contributed by atoms with Crippen molar-refractivity contribution in [3.8, 4) is 0 Å². The summed E-state index contributed by atoms with van der Waals surface area (Å²) in [5.41, 5.74) is 4.45. The molecule has 2 aromatic heterocycles. The van der Waals surface area contributed by atoms with Crippen molar-refractivity contribution in [2.75, 3.05) is 23.9 Å². The summed E-state index contributed by atoms with van der Waals surface area (Å²) in [5, 5.41) is 4.25. The van der Waals surface area contributed by atoms with Crippen molar-refractivity contribution in [2.24, 2.45) is 0 Å². The molecule has 1 N–H and O–H groups in total. The van der Waals surface area contributed by atoms with E-state index in [-0.39, 0.29) is 12.1 Å². The maximum Gasteiger partial charge on any atom is 0.174 e. The van der Waals surface area contributed by atoms with Gasteiger partial charge in [-0.1, -0.05) is 6.07 Å². The smallest absolute Gasteiger partial charge is 0.174 e. The van der Waals surface area contributed by atoms with E-state index in [1.165, 1.54) is 5.69 Å². The average Bonchev–Trinajstić information content (AvgIpc) is 3.33. The highest BCUT2D eigenvalue weighted by atomic mass is 32.1. The van der Waals surface area contributed by atoms with Gasteiger partial charge in [-0.25, -0.2) is 0 Å². The van der Waals surface area contributed by atoms with Crippen molar-refractivity contribution in [1.29, 1.82) is 0 Å². The van der Waals surface area contributed by atoms with Crippen LogP contribution in [0.4, 0.5) is 11.4 Å². The number of rotatable bonds is 5. The maximum absolute atomic E-state index is 5.81. The number of anilines is 2. The summed E-state index contributed by atoms with van der Waals surface area (Å²) in [7, 11) is 4.10. The first-order chi connectivity index (χ1) is 14.0. The topological polar surface area (TPSA) is 36.3 Å². The van der Waals surface area contributed by atoms with Crippen LogP contribution >= 0.6 is 12.2 Å². The number of nitrogens with zero attached hydrogens (tertiary/aromatic N) is 4. The molecule has 0 unspecified atom stereocenters. The van der Waals surface area contributed by atoms with Gasteiger partial charge in [0, 0.05) is 49.6 Å². The van der Waals surface area contributed by atoms with E-state index in [2.05, 4.69) is 87.2 Å². The lowest BCUT2D eigenvalue weighted by Crippen LogP contribution is -2.30. The van der Waals surface area contributed by atoms with Crippen LogP contribution < -0.4 is 15.1 Å². The Labute approximate surface area is 178 Å². The normalized spacial score (nSPS) is 18.9. The molecule has 1 aliphatic heterocycles. The van der Waals surface area contributed by atoms with E-state index < -0.39 is 0 Å². The quantitative estimate of drug-likeness (QED) is 0.622. The van der Waals surface area contributed by atoms with Gasteiger partial charge in [0.1, 0.15) is 6.04 Å². The number of nitrogens with one attached hydrogen (secondary N) is 1. The third kappa shape index (κ3) is 3.60. The monoisotopic (exact) mass is 405 g/mol. The lowest BCUT2D eigenvalue weighted by molar-refractivity contribution is 0.497. The molecular weight excluding hydrogens is 378 g/mol. The standard InChI is InChI=1S/C23H27N5S/c1-16(2)27-15-7-9-20(27)22-21(19-8-5-6-14-24-19)25-23(29)28(22)18-12-10-17(11-13-18)26(3)4/h5-16,21-22H,1-4H3,(H,25,29)/t21-,22-/m0/s1. The molecule has 1 aromatic carbocycles. The van der Waals surface area contributed by atoms with Gasteiger partial charge in [0.25, 0.3) is 0 Å². The molecule has 2 atom stereocenters.